The van der Waals surface area contributed by atoms with E-state index in [2.05, 4.69) is 9.97 Å². The number of aromatic nitrogens is 2. The molecule has 1 aromatic rings. The van der Waals surface area contributed by atoms with Gasteiger partial charge >= 0.3 is 0 Å². The lowest BCUT2D eigenvalue weighted by Gasteiger charge is -2.02. The highest BCUT2D eigenvalue weighted by atomic mass is 32.2. The molecule has 88 valence electrons. The largest absolute Gasteiger partial charge is 0.480 e. The standard InChI is InChI=1S/C9H13N3O3S/c1-3-16(13,14)6-7(10)8-4-12-9(15-2)5-11-8/h4-6H,3,10H2,1-2H3/b7-6+. The zero-order valence-electron chi connectivity index (χ0n) is 9.04. The van der Waals surface area contributed by atoms with Crippen LogP contribution in [0.3, 0.4) is 0 Å². The van der Waals surface area contributed by atoms with Crippen molar-refractivity contribution in [3.05, 3.63) is 23.5 Å². The molecular formula is C9H13N3O3S. The Balaban J connectivity index is 3.01. The summed E-state index contributed by atoms with van der Waals surface area (Å²) in [5.74, 6) is 0.340. The van der Waals surface area contributed by atoms with Gasteiger partial charge in [-0.3, -0.25) is 0 Å². The summed E-state index contributed by atoms with van der Waals surface area (Å²) < 4.78 is 27.4. The van der Waals surface area contributed by atoms with Gasteiger partial charge in [-0.15, -0.1) is 0 Å². The SMILES string of the molecule is CCS(=O)(=O)/C=C(/N)c1cnc(OC)cn1. The van der Waals surface area contributed by atoms with Gasteiger partial charge in [0.2, 0.25) is 5.88 Å². The zero-order valence-corrected chi connectivity index (χ0v) is 9.86. The molecule has 16 heavy (non-hydrogen) atoms. The maximum Gasteiger partial charge on any atom is 0.232 e. The van der Waals surface area contributed by atoms with Crippen molar-refractivity contribution in [2.24, 2.45) is 5.73 Å². The number of ether oxygens (including phenoxy) is 1. The first-order valence-electron chi connectivity index (χ1n) is 4.55. The minimum Gasteiger partial charge on any atom is -0.480 e. The predicted molar refractivity (Wildman–Crippen MR) is 60.2 cm³/mol. The smallest absolute Gasteiger partial charge is 0.232 e. The van der Waals surface area contributed by atoms with Gasteiger partial charge in [0.25, 0.3) is 0 Å². The van der Waals surface area contributed by atoms with Crippen molar-refractivity contribution in [2.75, 3.05) is 12.9 Å². The van der Waals surface area contributed by atoms with Crippen molar-refractivity contribution in [1.29, 1.82) is 0 Å². The minimum absolute atomic E-state index is 0.00270. The third-order valence-corrected chi connectivity index (χ3v) is 3.26. The molecule has 1 rings (SSSR count). The van der Waals surface area contributed by atoms with Crippen LogP contribution >= 0.6 is 0 Å². The summed E-state index contributed by atoms with van der Waals surface area (Å²) in [5.41, 5.74) is 5.96. The summed E-state index contributed by atoms with van der Waals surface area (Å²) in [4.78, 5) is 7.80. The highest BCUT2D eigenvalue weighted by Crippen LogP contribution is 2.09. The van der Waals surface area contributed by atoms with E-state index in [4.69, 9.17) is 10.5 Å². The molecule has 0 amide bonds. The van der Waals surface area contributed by atoms with Gasteiger partial charge in [-0.05, 0) is 0 Å². The van der Waals surface area contributed by atoms with Gasteiger partial charge in [0.05, 0.1) is 36.4 Å². The van der Waals surface area contributed by atoms with E-state index in [1.54, 1.807) is 6.92 Å². The predicted octanol–water partition coefficient (Wildman–Crippen LogP) is 0.177. The van der Waals surface area contributed by atoms with Gasteiger partial charge in [0.15, 0.2) is 9.84 Å². The van der Waals surface area contributed by atoms with Gasteiger partial charge in [0.1, 0.15) is 5.69 Å². The van der Waals surface area contributed by atoms with E-state index >= 15 is 0 Å². The van der Waals surface area contributed by atoms with Crippen LogP contribution in [0.4, 0.5) is 0 Å². The lowest BCUT2D eigenvalue weighted by Crippen LogP contribution is -2.06. The van der Waals surface area contributed by atoms with E-state index in [0.717, 1.165) is 5.41 Å². The number of nitrogens with two attached hydrogens (primary N) is 1. The van der Waals surface area contributed by atoms with Crippen molar-refractivity contribution >= 4 is 15.5 Å². The molecule has 0 saturated carbocycles. The number of hydrogen-bond donors (Lipinski definition) is 1. The number of sulfone groups is 1. The monoisotopic (exact) mass is 243 g/mol. The summed E-state index contributed by atoms with van der Waals surface area (Å²) in [6.07, 6.45) is 2.73. The summed E-state index contributed by atoms with van der Waals surface area (Å²) >= 11 is 0. The van der Waals surface area contributed by atoms with Crippen molar-refractivity contribution < 1.29 is 13.2 Å². The molecule has 0 fully saturated rings. The van der Waals surface area contributed by atoms with Crippen LogP contribution in [0.25, 0.3) is 5.70 Å². The van der Waals surface area contributed by atoms with Crippen LogP contribution in [0.5, 0.6) is 5.88 Å². The fraction of sp³-hybridized carbons (Fsp3) is 0.333. The van der Waals surface area contributed by atoms with Gasteiger partial charge in [-0.1, -0.05) is 6.92 Å². The van der Waals surface area contributed by atoms with E-state index in [9.17, 15) is 8.42 Å². The minimum atomic E-state index is -3.27. The number of methoxy groups -OCH3 is 1. The molecule has 0 aromatic carbocycles. The van der Waals surface area contributed by atoms with Crippen LogP contribution in [0, 0.1) is 0 Å². The van der Waals surface area contributed by atoms with Crippen molar-refractivity contribution in [3.8, 4) is 5.88 Å². The maximum absolute atomic E-state index is 11.3. The molecule has 0 atom stereocenters. The Morgan fingerprint density at radius 2 is 2.19 bits per heavy atom. The van der Waals surface area contributed by atoms with E-state index in [1.807, 2.05) is 0 Å². The summed E-state index contributed by atoms with van der Waals surface area (Å²) in [5, 5.41) is 0.990. The van der Waals surface area contributed by atoms with Gasteiger partial charge in [-0.2, -0.15) is 0 Å². The maximum atomic E-state index is 11.3. The second-order valence-electron chi connectivity index (χ2n) is 2.97. The number of hydrogen-bond acceptors (Lipinski definition) is 6. The Bertz CT molecular complexity index is 479. The molecule has 1 aromatic heterocycles. The second-order valence-corrected chi connectivity index (χ2v) is 5.11. The quantitative estimate of drug-likeness (QED) is 0.810. The van der Waals surface area contributed by atoms with E-state index in [1.165, 1.54) is 19.5 Å². The molecule has 7 heteroatoms. The molecule has 0 aliphatic heterocycles. The number of rotatable bonds is 4. The molecule has 1 heterocycles. The number of nitrogens with zero attached hydrogens (tertiary/aromatic N) is 2. The third-order valence-electron chi connectivity index (χ3n) is 1.84. The summed E-state index contributed by atoms with van der Waals surface area (Å²) in [7, 11) is -1.81. The average Bonchev–Trinajstić information content (AvgIpc) is 2.28. The lowest BCUT2D eigenvalue weighted by molar-refractivity contribution is 0.395. The van der Waals surface area contributed by atoms with Crippen LogP contribution in [-0.2, 0) is 9.84 Å². The van der Waals surface area contributed by atoms with Crippen LogP contribution in [0.2, 0.25) is 0 Å². The lowest BCUT2D eigenvalue weighted by atomic mass is 10.4. The molecule has 0 aliphatic rings. The Hall–Kier alpha value is -1.63. The van der Waals surface area contributed by atoms with Crippen LogP contribution < -0.4 is 10.5 Å². The Morgan fingerprint density at radius 3 is 2.62 bits per heavy atom. The molecular weight excluding hydrogens is 230 g/mol. The van der Waals surface area contributed by atoms with Crippen molar-refractivity contribution in [3.63, 3.8) is 0 Å². The molecule has 0 aliphatic carbocycles. The fourth-order valence-corrected chi connectivity index (χ4v) is 1.58. The van der Waals surface area contributed by atoms with Gasteiger partial charge < -0.3 is 10.5 Å². The third kappa shape index (κ3) is 3.20. The molecule has 6 nitrogen and oxygen atoms in total. The molecule has 0 bridgehead atoms. The highest BCUT2D eigenvalue weighted by Gasteiger charge is 2.07. The van der Waals surface area contributed by atoms with Crippen molar-refractivity contribution in [2.45, 2.75) is 6.92 Å². The first-order valence-corrected chi connectivity index (χ1v) is 6.26. The second kappa shape index (κ2) is 4.93. The van der Waals surface area contributed by atoms with E-state index in [-0.39, 0.29) is 11.4 Å². The first kappa shape index (κ1) is 12.4. The zero-order chi connectivity index (χ0) is 12.2. The average molecular weight is 243 g/mol. The normalized spacial score (nSPS) is 12.5. The van der Waals surface area contributed by atoms with Crippen molar-refractivity contribution in [1.82, 2.24) is 9.97 Å². The summed E-state index contributed by atoms with van der Waals surface area (Å²) in [6, 6.07) is 0. The molecule has 0 radical (unpaired) electrons. The Kier molecular flexibility index (Phi) is 3.83. The van der Waals surface area contributed by atoms with E-state index < -0.39 is 9.84 Å². The van der Waals surface area contributed by atoms with Gasteiger partial charge in [-0.25, -0.2) is 18.4 Å². The fourth-order valence-electron chi connectivity index (χ4n) is 0.908. The summed E-state index contributed by atoms with van der Waals surface area (Å²) in [6.45, 7) is 1.54. The molecule has 0 spiro atoms. The van der Waals surface area contributed by atoms with Gasteiger partial charge in [0, 0.05) is 0 Å². The molecule has 2 N–H and O–H groups in total. The first-order chi connectivity index (χ1) is 7.48. The van der Waals surface area contributed by atoms with Crippen LogP contribution in [0.1, 0.15) is 12.6 Å². The Morgan fingerprint density at radius 1 is 1.50 bits per heavy atom. The molecule has 0 unspecified atom stereocenters. The van der Waals surface area contributed by atoms with Crippen LogP contribution in [0.15, 0.2) is 17.8 Å². The Labute approximate surface area is 94.1 Å². The topological polar surface area (TPSA) is 95.2 Å². The highest BCUT2D eigenvalue weighted by molar-refractivity contribution is 7.94. The van der Waals surface area contributed by atoms with E-state index in [0.29, 0.717) is 11.6 Å². The van der Waals surface area contributed by atoms with Crippen LogP contribution in [-0.4, -0.2) is 31.2 Å². The molecule has 0 saturated heterocycles.